The van der Waals surface area contributed by atoms with Gasteiger partial charge in [-0.25, -0.2) is 4.79 Å². The van der Waals surface area contributed by atoms with E-state index in [1.54, 1.807) is 31.3 Å². The SMILES string of the molecule is COc1ccc(OC)c(-c2ccc(N3CCN(C(=O)Nc4ccccc4Cl)CC3)nn2)c1. The first-order valence-corrected chi connectivity index (χ1v) is 10.6. The summed E-state index contributed by atoms with van der Waals surface area (Å²) in [5, 5.41) is 12.2. The molecule has 2 heterocycles. The molecular formula is C23H24ClN5O3. The Bertz CT molecular complexity index is 1090. The highest BCUT2D eigenvalue weighted by atomic mass is 35.5. The molecule has 0 unspecified atom stereocenters. The molecule has 1 N–H and O–H groups in total. The largest absolute Gasteiger partial charge is 0.497 e. The third-order valence-corrected chi connectivity index (χ3v) is 5.67. The van der Waals surface area contributed by atoms with Crippen molar-refractivity contribution in [2.75, 3.05) is 50.6 Å². The Labute approximate surface area is 191 Å². The summed E-state index contributed by atoms with van der Waals surface area (Å²) >= 11 is 6.13. The number of hydrogen-bond donors (Lipinski definition) is 1. The maximum absolute atomic E-state index is 12.6. The number of benzene rings is 2. The highest BCUT2D eigenvalue weighted by Gasteiger charge is 2.23. The van der Waals surface area contributed by atoms with Crippen molar-refractivity contribution in [1.29, 1.82) is 0 Å². The van der Waals surface area contributed by atoms with Crippen LogP contribution in [0.15, 0.2) is 54.6 Å². The maximum atomic E-state index is 12.6. The highest BCUT2D eigenvalue weighted by molar-refractivity contribution is 6.33. The Kier molecular flexibility index (Phi) is 6.61. The van der Waals surface area contributed by atoms with Gasteiger partial charge >= 0.3 is 6.03 Å². The molecule has 166 valence electrons. The van der Waals surface area contributed by atoms with Crippen molar-refractivity contribution in [2.24, 2.45) is 0 Å². The number of amides is 2. The molecule has 1 aromatic heterocycles. The summed E-state index contributed by atoms with van der Waals surface area (Å²) < 4.78 is 10.8. The van der Waals surface area contributed by atoms with Crippen molar-refractivity contribution in [3.63, 3.8) is 0 Å². The van der Waals surface area contributed by atoms with Gasteiger partial charge in [-0.1, -0.05) is 23.7 Å². The van der Waals surface area contributed by atoms with Crippen LogP contribution >= 0.6 is 11.6 Å². The Morgan fingerprint density at radius 2 is 1.75 bits per heavy atom. The van der Waals surface area contributed by atoms with Gasteiger partial charge in [0.15, 0.2) is 5.82 Å². The summed E-state index contributed by atoms with van der Waals surface area (Å²) in [5.41, 5.74) is 2.12. The average molecular weight is 454 g/mol. The van der Waals surface area contributed by atoms with Gasteiger partial charge in [0.25, 0.3) is 0 Å². The van der Waals surface area contributed by atoms with E-state index >= 15 is 0 Å². The monoisotopic (exact) mass is 453 g/mol. The van der Waals surface area contributed by atoms with Gasteiger partial charge in [0.05, 0.1) is 30.6 Å². The van der Waals surface area contributed by atoms with Crippen LogP contribution in [0.3, 0.4) is 0 Å². The van der Waals surface area contributed by atoms with Crippen LogP contribution in [0, 0.1) is 0 Å². The smallest absolute Gasteiger partial charge is 0.322 e. The van der Waals surface area contributed by atoms with Crippen molar-refractivity contribution < 1.29 is 14.3 Å². The van der Waals surface area contributed by atoms with Crippen LogP contribution in [-0.4, -0.2) is 61.5 Å². The minimum atomic E-state index is -0.163. The lowest BCUT2D eigenvalue weighted by atomic mass is 10.1. The number of para-hydroxylation sites is 1. The van der Waals surface area contributed by atoms with Crippen molar-refractivity contribution in [2.45, 2.75) is 0 Å². The lowest BCUT2D eigenvalue weighted by Crippen LogP contribution is -2.50. The summed E-state index contributed by atoms with van der Waals surface area (Å²) in [4.78, 5) is 16.4. The molecule has 2 amide bonds. The fourth-order valence-corrected chi connectivity index (χ4v) is 3.73. The summed E-state index contributed by atoms with van der Waals surface area (Å²) in [6, 6.07) is 16.4. The molecule has 0 spiro atoms. The molecule has 0 saturated carbocycles. The molecular weight excluding hydrogens is 430 g/mol. The number of hydrogen-bond acceptors (Lipinski definition) is 6. The standard InChI is InChI=1S/C23H24ClN5O3/c1-31-16-7-9-21(32-2)17(15-16)19-8-10-22(27-26-19)28-11-13-29(14-12-28)23(30)25-20-6-4-3-5-18(20)24/h3-10,15H,11-14H2,1-2H3,(H,25,30). The molecule has 2 aromatic carbocycles. The van der Waals surface area contributed by atoms with Crippen LogP contribution in [0.5, 0.6) is 11.5 Å². The Balaban J connectivity index is 1.39. The molecule has 1 aliphatic rings. The van der Waals surface area contributed by atoms with Crippen LogP contribution in [0.1, 0.15) is 0 Å². The molecule has 0 radical (unpaired) electrons. The minimum absolute atomic E-state index is 0.163. The zero-order valence-electron chi connectivity index (χ0n) is 17.9. The normalized spacial score (nSPS) is 13.6. The third-order valence-electron chi connectivity index (χ3n) is 5.34. The van der Waals surface area contributed by atoms with Gasteiger partial charge in [-0.3, -0.25) is 0 Å². The van der Waals surface area contributed by atoms with Crippen LogP contribution in [0.4, 0.5) is 16.3 Å². The molecule has 9 heteroatoms. The molecule has 1 aliphatic heterocycles. The number of carbonyl (C=O) groups excluding carboxylic acids is 1. The van der Waals surface area contributed by atoms with Gasteiger partial charge in [0.1, 0.15) is 11.5 Å². The third kappa shape index (κ3) is 4.70. The average Bonchev–Trinajstić information content (AvgIpc) is 2.85. The van der Waals surface area contributed by atoms with Gasteiger partial charge < -0.3 is 24.6 Å². The van der Waals surface area contributed by atoms with Crippen molar-refractivity contribution >= 4 is 29.1 Å². The number of nitrogens with zero attached hydrogens (tertiary/aromatic N) is 4. The number of halogens is 1. The van der Waals surface area contributed by atoms with Crippen molar-refractivity contribution in [3.8, 4) is 22.8 Å². The van der Waals surface area contributed by atoms with E-state index in [1.807, 2.05) is 42.5 Å². The molecule has 8 nitrogen and oxygen atoms in total. The molecule has 3 aromatic rings. The van der Waals surface area contributed by atoms with E-state index < -0.39 is 0 Å². The number of methoxy groups -OCH3 is 2. The van der Waals surface area contributed by atoms with E-state index in [0.29, 0.717) is 48.3 Å². The van der Waals surface area contributed by atoms with Gasteiger partial charge in [0, 0.05) is 31.7 Å². The van der Waals surface area contributed by atoms with E-state index in [2.05, 4.69) is 20.4 Å². The van der Waals surface area contributed by atoms with Crippen LogP contribution in [-0.2, 0) is 0 Å². The predicted octanol–water partition coefficient (Wildman–Crippen LogP) is 4.17. The lowest BCUT2D eigenvalue weighted by molar-refractivity contribution is 0.208. The number of piperazine rings is 1. The number of aromatic nitrogens is 2. The molecule has 0 atom stereocenters. The Morgan fingerprint density at radius 3 is 2.41 bits per heavy atom. The van der Waals surface area contributed by atoms with E-state index in [9.17, 15) is 4.79 Å². The van der Waals surface area contributed by atoms with E-state index in [-0.39, 0.29) is 6.03 Å². The summed E-state index contributed by atoms with van der Waals surface area (Å²) in [5.74, 6) is 2.19. The molecule has 0 aliphatic carbocycles. The van der Waals surface area contributed by atoms with E-state index in [4.69, 9.17) is 21.1 Å². The molecule has 4 rings (SSSR count). The summed E-state index contributed by atoms with van der Waals surface area (Å²) in [7, 11) is 3.24. The number of nitrogens with one attached hydrogen (secondary N) is 1. The number of anilines is 2. The molecule has 32 heavy (non-hydrogen) atoms. The highest BCUT2D eigenvalue weighted by Crippen LogP contribution is 2.32. The first-order valence-electron chi connectivity index (χ1n) is 10.2. The van der Waals surface area contributed by atoms with E-state index in [0.717, 1.165) is 17.1 Å². The number of urea groups is 1. The van der Waals surface area contributed by atoms with Gasteiger partial charge in [-0.15, -0.1) is 10.2 Å². The predicted molar refractivity (Wildman–Crippen MR) is 125 cm³/mol. The van der Waals surface area contributed by atoms with Gasteiger partial charge in [-0.05, 0) is 42.5 Å². The van der Waals surface area contributed by atoms with Crippen molar-refractivity contribution in [1.82, 2.24) is 15.1 Å². The van der Waals surface area contributed by atoms with Crippen molar-refractivity contribution in [3.05, 3.63) is 59.6 Å². The topological polar surface area (TPSA) is 79.8 Å². The molecule has 0 bridgehead atoms. The second-order valence-corrected chi connectivity index (χ2v) is 7.63. The van der Waals surface area contributed by atoms with Crippen LogP contribution in [0.25, 0.3) is 11.3 Å². The first kappa shape index (κ1) is 21.7. The van der Waals surface area contributed by atoms with E-state index in [1.165, 1.54) is 0 Å². The van der Waals surface area contributed by atoms with Gasteiger partial charge in [-0.2, -0.15) is 0 Å². The van der Waals surface area contributed by atoms with Crippen LogP contribution < -0.4 is 19.7 Å². The van der Waals surface area contributed by atoms with Gasteiger partial charge in [0.2, 0.25) is 0 Å². The molecule has 1 saturated heterocycles. The number of carbonyl (C=O) groups is 1. The maximum Gasteiger partial charge on any atom is 0.322 e. The Hall–Kier alpha value is -3.52. The zero-order valence-corrected chi connectivity index (χ0v) is 18.7. The molecule has 1 fully saturated rings. The summed E-state index contributed by atoms with van der Waals surface area (Å²) in [6.07, 6.45) is 0. The quantitative estimate of drug-likeness (QED) is 0.624. The summed E-state index contributed by atoms with van der Waals surface area (Å²) in [6.45, 7) is 2.46. The fourth-order valence-electron chi connectivity index (χ4n) is 3.55. The van der Waals surface area contributed by atoms with Crippen LogP contribution in [0.2, 0.25) is 5.02 Å². The number of ether oxygens (including phenoxy) is 2. The first-order chi connectivity index (χ1) is 15.6. The minimum Gasteiger partial charge on any atom is -0.497 e. The second kappa shape index (κ2) is 9.74. The Morgan fingerprint density at radius 1 is 0.969 bits per heavy atom. The fraction of sp³-hybridized carbons (Fsp3) is 0.261. The zero-order chi connectivity index (χ0) is 22.5. The lowest BCUT2D eigenvalue weighted by Gasteiger charge is -2.35. The second-order valence-electron chi connectivity index (χ2n) is 7.23. The number of rotatable bonds is 5.